The second-order valence-corrected chi connectivity index (χ2v) is 18.2. The van der Waals surface area contributed by atoms with E-state index in [9.17, 15) is 10.5 Å². The Morgan fingerprint density at radius 2 is 0.954 bits per heavy atom. The lowest BCUT2D eigenvalue weighted by Crippen LogP contribution is -2.55. The molecule has 0 spiro atoms. The summed E-state index contributed by atoms with van der Waals surface area (Å²) in [5.74, 6) is 4.37. The Kier molecular flexibility index (Phi) is 16.1. The second kappa shape index (κ2) is 21.7. The first kappa shape index (κ1) is 48.3. The van der Waals surface area contributed by atoms with Gasteiger partial charge < -0.3 is 18.9 Å². The molecule has 336 valence electrons. The first-order valence-corrected chi connectivity index (χ1v) is 24.2. The molecule has 0 N–H and O–H groups in total. The average Bonchev–Trinajstić information content (AvgIpc) is 3.35. The molecule has 0 radical (unpaired) electrons. The van der Waals surface area contributed by atoms with Gasteiger partial charge in [-0.1, -0.05) is 116 Å². The van der Waals surface area contributed by atoms with Gasteiger partial charge in [0.25, 0.3) is 0 Å². The molecule has 6 aromatic carbocycles. The van der Waals surface area contributed by atoms with Crippen LogP contribution in [0.1, 0.15) is 135 Å². The lowest BCUT2D eigenvalue weighted by atomic mass is 9.60. The summed E-state index contributed by atoms with van der Waals surface area (Å²) in [6.45, 7) is 19.5. The zero-order valence-electron chi connectivity index (χ0n) is 39.7. The Hall–Kier alpha value is -6.15. The van der Waals surface area contributed by atoms with Crippen molar-refractivity contribution >= 4 is 11.8 Å². The highest BCUT2D eigenvalue weighted by molar-refractivity contribution is 7.99. The molecule has 0 aliphatic carbocycles. The summed E-state index contributed by atoms with van der Waals surface area (Å²) in [6.07, 6.45) is 5.86. The molecule has 6 aromatic rings. The van der Waals surface area contributed by atoms with E-state index in [-0.39, 0.29) is 11.5 Å². The van der Waals surface area contributed by atoms with Gasteiger partial charge in [-0.25, -0.2) is 0 Å². The number of ether oxygens (including phenoxy) is 4. The summed E-state index contributed by atoms with van der Waals surface area (Å²) in [4.78, 5) is 2.21. The predicted molar refractivity (Wildman–Crippen MR) is 266 cm³/mol. The lowest BCUT2D eigenvalue weighted by Gasteiger charge is -2.50. The number of benzene rings is 6. The fraction of sp³-hybridized carbons (Fsp3) is 0.345. The van der Waals surface area contributed by atoms with Crippen LogP contribution in [0, 0.1) is 22.7 Å². The molecule has 0 aliphatic rings. The summed E-state index contributed by atoms with van der Waals surface area (Å²) in [5, 5.41) is 20.8. The highest BCUT2D eigenvalue weighted by atomic mass is 32.2. The molecule has 6 rings (SSSR count). The molecule has 0 aromatic heterocycles. The monoisotopic (exact) mass is 884 g/mol. The minimum Gasteiger partial charge on any atom is -0.488 e. The highest BCUT2D eigenvalue weighted by Gasteiger charge is 2.51. The number of rotatable bonds is 21. The topological polar surface area (TPSA) is 84.5 Å². The van der Waals surface area contributed by atoms with Crippen LogP contribution in [0.3, 0.4) is 0 Å². The van der Waals surface area contributed by atoms with Gasteiger partial charge in [0.05, 0.1) is 11.1 Å². The standard InChI is InChI=1S/C58H64N2O4S/c1-10-41(8)50-19-17-21-54(51(50)39-59)61-44-27-23-42(24-28-44)43-25-29-47(30-26-43)64-58(15-6,16-7)57(13-4,14-5)53-20-18-22-55(52(53)40-60)62-45-31-35-48(36-32-45)65-49-37-33-46(34-38-49)63-56(9,11-2)12-3/h17-38,41H,10-16H2,1-9H3. The van der Waals surface area contributed by atoms with Crippen molar-refractivity contribution in [3.63, 3.8) is 0 Å². The molecule has 6 nitrogen and oxygen atoms in total. The van der Waals surface area contributed by atoms with Crippen LogP contribution >= 0.6 is 11.8 Å². The quantitative estimate of drug-likeness (QED) is 0.0712. The molecule has 1 atom stereocenters. The van der Waals surface area contributed by atoms with Crippen molar-refractivity contribution in [1.29, 1.82) is 10.5 Å². The molecule has 0 amide bonds. The minimum atomic E-state index is -0.620. The molecule has 0 heterocycles. The van der Waals surface area contributed by atoms with Crippen LogP contribution in [0.2, 0.25) is 0 Å². The Labute approximate surface area is 392 Å². The van der Waals surface area contributed by atoms with Crippen LogP contribution in [0.15, 0.2) is 143 Å². The molecule has 0 saturated carbocycles. The van der Waals surface area contributed by atoms with E-state index < -0.39 is 11.0 Å². The van der Waals surface area contributed by atoms with E-state index in [0.717, 1.165) is 88.5 Å². The lowest BCUT2D eigenvalue weighted by molar-refractivity contribution is -0.0284. The maximum Gasteiger partial charge on any atom is 0.145 e. The largest absolute Gasteiger partial charge is 0.488 e. The zero-order valence-corrected chi connectivity index (χ0v) is 40.5. The fourth-order valence-electron chi connectivity index (χ4n) is 9.08. The van der Waals surface area contributed by atoms with Crippen molar-refractivity contribution in [3.8, 4) is 57.8 Å². The minimum absolute atomic E-state index is 0.165. The third-order valence-electron chi connectivity index (χ3n) is 13.7. The van der Waals surface area contributed by atoms with E-state index in [1.807, 2.05) is 91.0 Å². The Morgan fingerprint density at radius 3 is 1.42 bits per heavy atom. The first-order valence-electron chi connectivity index (χ1n) is 23.4. The third-order valence-corrected chi connectivity index (χ3v) is 14.8. The maximum atomic E-state index is 10.8. The van der Waals surface area contributed by atoms with Gasteiger partial charge >= 0.3 is 0 Å². The van der Waals surface area contributed by atoms with Gasteiger partial charge in [0.2, 0.25) is 0 Å². The second-order valence-electron chi connectivity index (χ2n) is 17.1. The summed E-state index contributed by atoms with van der Waals surface area (Å²) in [6, 6.07) is 49.2. The summed E-state index contributed by atoms with van der Waals surface area (Å²) >= 11 is 1.68. The van der Waals surface area contributed by atoms with E-state index >= 15 is 0 Å². The molecule has 1 unspecified atom stereocenters. The number of nitrogens with zero attached hydrogens (tertiary/aromatic N) is 2. The highest BCUT2D eigenvalue weighted by Crippen LogP contribution is 2.51. The average molecular weight is 885 g/mol. The van der Waals surface area contributed by atoms with Crippen LogP contribution in [0.5, 0.6) is 34.5 Å². The Morgan fingerprint density at radius 1 is 0.508 bits per heavy atom. The van der Waals surface area contributed by atoms with Gasteiger partial charge in [-0.15, -0.1) is 0 Å². The molecule has 0 saturated heterocycles. The van der Waals surface area contributed by atoms with Crippen molar-refractivity contribution in [2.75, 3.05) is 0 Å². The maximum absolute atomic E-state index is 10.8. The first-order chi connectivity index (χ1) is 31.5. The van der Waals surface area contributed by atoms with Crippen molar-refractivity contribution in [2.24, 2.45) is 0 Å². The van der Waals surface area contributed by atoms with Gasteiger partial charge in [0, 0.05) is 15.2 Å². The van der Waals surface area contributed by atoms with E-state index in [0.29, 0.717) is 34.1 Å². The molecule has 0 fully saturated rings. The summed E-state index contributed by atoms with van der Waals surface area (Å²) in [7, 11) is 0. The van der Waals surface area contributed by atoms with E-state index in [1.165, 1.54) is 0 Å². The van der Waals surface area contributed by atoms with Crippen molar-refractivity contribution < 1.29 is 18.9 Å². The van der Waals surface area contributed by atoms with Gasteiger partial charge in [-0.2, -0.15) is 10.5 Å². The third kappa shape index (κ3) is 10.5. The summed E-state index contributed by atoms with van der Waals surface area (Å²) < 4.78 is 26.2. The number of hydrogen-bond acceptors (Lipinski definition) is 7. The molecule has 0 aliphatic heterocycles. The van der Waals surface area contributed by atoms with E-state index in [4.69, 9.17) is 18.9 Å². The fourth-order valence-corrected chi connectivity index (χ4v) is 9.90. The van der Waals surface area contributed by atoms with Gasteiger partial charge in [0.15, 0.2) is 0 Å². The van der Waals surface area contributed by atoms with Crippen molar-refractivity contribution in [3.05, 3.63) is 156 Å². The Bertz CT molecular complexity index is 2560. The molecular weight excluding hydrogens is 821 g/mol. The number of nitriles is 2. The van der Waals surface area contributed by atoms with Crippen LogP contribution in [0.25, 0.3) is 11.1 Å². The van der Waals surface area contributed by atoms with E-state index in [1.54, 1.807) is 11.8 Å². The van der Waals surface area contributed by atoms with Gasteiger partial charge in [-0.05, 0) is 165 Å². The van der Waals surface area contributed by atoms with Gasteiger partial charge in [-0.3, -0.25) is 0 Å². The number of hydrogen-bond donors (Lipinski definition) is 0. The van der Waals surface area contributed by atoms with Crippen LogP contribution in [-0.4, -0.2) is 11.2 Å². The van der Waals surface area contributed by atoms with Crippen LogP contribution in [0.4, 0.5) is 0 Å². The SMILES string of the molecule is CCC(C)c1cccc(Oc2ccc(-c3ccc(OC(CC)(CC)C(CC)(CC)c4cccc(Oc5ccc(Sc6ccc(OC(C)(CC)CC)cc6)cc5)c4C#N)cc3)cc2)c1C#N. The predicted octanol–water partition coefficient (Wildman–Crippen LogP) is 17.0. The van der Waals surface area contributed by atoms with Crippen molar-refractivity contribution in [2.45, 2.75) is 140 Å². The molecular formula is C58H64N2O4S. The van der Waals surface area contributed by atoms with Crippen molar-refractivity contribution in [1.82, 2.24) is 0 Å². The normalized spacial score (nSPS) is 12.2. The van der Waals surface area contributed by atoms with Crippen LogP contribution < -0.4 is 18.9 Å². The molecule has 7 heteroatoms. The summed E-state index contributed by atoms with van der Waals surface area (Å²) in [5.41, 5.74) is 3.87. The Balaban J connectivity index is 1.19. The zero-order chi connectivity index (χ0) is 46.6. The molecule has 0 bridgehead atoms. The molecule has 65 heavy (non-hydrogen) atoms. The smallest absolute Gasteiger partial charge is 0.145 e. The van der Waals surface area contributed by atoms with E-state index in [2.05, 4.69) is 117 Å². The van der Waals surface area contributed by atoms with Gasteiger partial charge in [0.1, 0.15) is 57.8 Å². The van der Waals surface area contributed by atoms with Crippen LogP contribution in [-0.2, 0) is 5.41 Å².